The Balaban J connectivity index is 1.82. The van der Waals surface area contributed by atoms with Crippen LogP contribution in [0.25, 0.3) is 0 Å². The Bertz CT molecular complexity index is 547. The first-order valence-corrected chi connectivity index (χ1v) is 6.23. The number of hydrogen-bond acceptors (Lipinski definition) is 4. The van der Waals surface area contributed by atoms with Crippen molar-refractivity contribution in [3.05, 3.63) is 24.2 Å². The number of ketones is 1. The first-order valence-electron chi connectivity index (χ1n) is 6.23. The highest BCUT2D eigenvalue weighted by atomic mass is 16.3. The molecule has 2 aliphatic rings. The van der Waals surface area contributed by atoms with Crippen molar-refractivity contribution in [3.8, 4) is 0 Å². The van der Waals surface area contributed by atoms with E-state index in [9.17, 15) is 14.4 Å². The number of nitrogens with one attached hydrogen (secondary N) is 1. The van der Waals surface area contributed by atoms with Gasteiger partial charge in [0.15, 0.2) is 11.3 Å². The predicted molar refractivity (Wildman–Crippen MR) is 64.0 cm³/mol. The fraction of sp³-hybridized carbons (Fsp3) is 0.462. The Morgan fingerprint density at radius 1 is 1.53 bits per heavy atom. The molecule has 3 rings (SSSR count). The van der Waals surface area contributed by atoms with Crippen LogP contribution in [-0.2, 0) is 15.1 Å². The minimum absolute atomic E-state index is 0.0241. The molecular formula is C13H14N2O4. The van der Waals surface area contributed by atoms with Crippen LogP contribution in [0.3, 0.4) is 0 Å². The van der Waals surface area contributed by atoms with Gasteiger partial charge in [-0.15, -0.1) is 0 Å². The molecule has 0 bridgehead atoms. The number of hydrogen-bond donors (Lipinski definition) is 1. The van der Waals surface area contributed by atoms with Gasteiger partial charge in [-0.05, 0) is 31.9 Å². The molecule has 0 radical (unpaired) electrons. The molecule has 0 spiro atoms. The Labute approximate surface area is 109 Å². The van der Waals surface area contributed by atoms with Crippen molar-refractivity contribution in [1.29, 1.82) is 0 Å². The van der Waals surface area contributed by atoms with Gasteiger partial charge in [0.25, 0.3) is 5.91 Å². The third-order valence-electron chi connectivity index (χ3n) is 3.64. The van der Waals surface area contributed by atoms with E-state index in [1.807, 2.05) is 0 Å². The molecule has 100 valence electrons. The van der Waals surface area contributed by atoms with Gasteiger partial charge < -0.3 is 9.73 Å². The molecule has 2 heterocycles. The van der Waals surface area contributed by atoms with E-state index in [0.29, 0.717) is 5.76 Å². The van der Waals surface area contributed by atoms with E-state index in [4.69, 9.17) is 4.42 Å². The normalized spacial score (nSPS) is 26.7. The van der Waals surface area contributed by atoms with Crippen LogP contribution in [0, 0.1) is 5.92 Å². The highest BCUT2D eigenvalue weighted by molar-refractivity contribution is 6.09. The molecule has 1 aromatic rings. The number of carbonyl (C=O) groups excluding carboxylic acids is 3. The van der Waals surface area contributed by atoms with E-state index in [1.54, 1.807) is 19.1 Å². The smallest absolute Gasteiger partial charge is 0.325 e. The quantitative estimate of drug-likeness (QED) is 0.822. The minimum Gasteiger partial charge on any atom is -0.466 e. The van der Waals surface area contributed by atoms with Crippen LogP contribution in [0.4, 0.5) is 4.79 Å². The standard InChI is InChI=1S/C13H14N2O4/c1-13(10-3-2-6-19-10)11(17)15(12(18)14-13)7-9(16)8-4-5-8/h2-3,6,8H,4-5,7H2,1H3,(H,14,18). The minimum atomic E-state index is -1.22. The predicted octanol–water partition coefficient (Wildman–Crippen LogP) is 1.03. The highest BCUT2D eigenvalue weighted by Crippen LogP contribution is 2.32. The van der Waals surface area contributed by atoms with Crippen molar-refractivity contribution in [2.45, 2.75) is 25.3 Å². The molecule has 6 nitrogen and oxygen atoms in total. The number of nitrogens with zero attached hydrogens (tertiary/aromatic N) is 1. The first-order chi connectivity index (χ1) is 9.02. The van der Waals surface area contributed by atoms with Crippen LogP contribution in [0.2, 0.25) is 0 Å². The SMILES string of the molecule is CC1(c2ccco2)NC(=O)N(CC(=O)C2CC2)C1=O. The zero-order valence-corrected chi connectivity index (χ0v) is 10.5. The maximum absolute atomic E-state index is 12.3. The molecule has 1 aliphatic carbocycles. The number of carbonyl (C=O) groups is 3. The number of imide groups is 1. The molecular weight excluding hydrogens is 248 g/mol. The van der Waals surface area contributed by atoms with E-state index >= 15 is 0 Å². The monoisotopic (exact) mass is 262 g/mol. The second-order valence-electron chi connectivity index (χ2n) is 5.16. The van der Waals surface area contributed by atoms with Crippen LogP contribution in [0.1, 0.15) is 25.5 Å². The Morgan fingerprint density at radius 3 is 2.84 bits per heavy atom. The number of amides is 3. The summed E-state index contributed by atoms with van der Waals surface area (Å²) in [4.78, 5) is 36.9. The summed E-state index contributed by atoms with van der Waals surface area (Å²) in [5.41, 5.74) is -1.22. The lowest BCUT2D eigenvalue weighted by atomic mass is 9.99. The second-order valence-corrected chi connectivity index (χ2v) is 5.16. The molecule has 1 saturated heterocycles. The Hall–Kier alpha value is -2.11. The van der Waals surface area contributed by atoms with E-state index in [1.165, 1.54) is 6.26 Å². The number of Topliss-reactive ketones (excluding diaryl/α,β-unsaturated/α-hetero) is 1. The van der Waals surface area contributed by atoms with Crippen LogP contribution in [-0.4, -0.2) is 29.2 Å². The zero-order valence-electron chi connectivity index (χ0n) is 10.5. The number of rotatable bonds is 4. The van der Waals surface area contributed by atoms with Gasteiger partial charge in [-0.25, -0.2) is 4.79 Å². The molecule has 6 heteroatoms. The third-order valence-corrected chi connectivity index (χ3v) is 3.64. The van der Waals surface area contributed by atoms with Crippen molar-refractivity contribution >= 4 is 17.7 Å². The maximum Gasteiger partial charge on any atom is 0.325 e. The van der Waals surface area contributed by atoms with Crippen LogP contribution in [0.5, 0.6) is 0 Å². The molecule has 1 atom stereocenters. The van der Waals surface area contributed by atoms with E-state index in [-0.39, 0.29) is 18.2 Å². The third kappa shape index (κ3) is 1.83. The van der Waals surface area contributed by atoms with Gasteiger partial charge in [-0.1, -0.05) is 0 Å². The summed E-state index contributed by atoms with van der Waals surface area (Å²) in [5, 5.41) is 2.59. The van der Waals surface area contributed by atoms with Crippen molar-refractivity contribution in [2.24, 2.45) is 5.92 Å². The maximum atomic E-state index is 12.3. The summed E-state index contributed by atoms with van der Waals surface area (Å²) in [5.74, 6) is -0.100. The van der Waals surface area contributed by atoms with Gasteiger partial charge in [0.05, 0.1) is 12.8 Å². The van der Waals surface area contributed by atoms with Crippen molar-refractivity contribution < 1.29 is 18.8 Å². The second kappa shape index (κ2) is 3.94. The lowest BCUT2D eigenvalue weighted by molar-refractivity contribution is -0.135. The fourth-order valence-corrected chi connectivity index (χ4v) is 2.26. The number of furan rings is 1. The molecule has 2 fully saturated rings. The zero-order chi connectivity index (χ0) is 13.6. The van der Waals surface area contributed by atoms with Crippen molar-refractivity contribution in [1.82, 2.24) is 10.2 Å². The fourth-order valence-electron chi connectivity index (χ4n) is 2.26. The molecule has 3 amide bonds. The molecule has 1 N–H and O–H groups in total. The van der Waals surface area contributed by atoms with E-state index in [0.717, 1.165) is 17.7 Å². The van der Waals surface area contributed by atoms with Gasteiger partial charge in [-0.3, -0.25) is 14.5 Å². The highest BCUT2D eigenvalue weighted by Gasteiger charge is 2.51. The first kappa shape index (κ1) is 12.0. The summed E-state index contributed by atoms with van der Waals surface area (Å²) >= 11 is 0. The summed E-state index contributed by atoms with van der Waals surface area (Å²) in [6, 6.07) is 2.74. The lowest BCUT2D eigenvalue weighted by Crippen LogP contribution is -2.41. The average molecular weight is 262 g/mol. The van der Waals surface area contributed by atoms with Crippen molar-refractivity contribution in [3.63, 3.8) is 0 Å². The molecule has 1 aromatic heterocycles. The summed E-state index contributed by atoms with van der Waals surface area (Å²) < 4.78 is 5.21. The molecule has 19 heavy (non-hydrogen) atoms. The van der Waals surface area contributed by atoms with E-state index < -0.39 is 17.5 Å². The van der Waals surface area contributed by atoms with Gasteiger partial charge in [-0.2, -0.15) is 0 Å². The molecule has 1 aliphatic heterocycles. The molecule has 1 unspecified atom stereocenters. The topological polar surface area (TPSA) is 79.6 Å². The van der Waals surface area contributed by atoms with E-state index in [2.05, 4.69) is 5.32 Å². The lowest BCUT2D eigenvalue weighted by Gasteiger charge is -2.18. The number of urea groups is 1. The van der Waals surface area contributed by atoms with Gasteiger partial charge in [0.1, 0.15) is 5.76 Å². The average Bonchev–Trinajstić information content (AvgIpc) is 3.03. The summed E-state index contributed by atoms with van der Waals surface area (Å²) in [7, 11) is 0. The summed E-state index contributed by atoms with van der Waals surface area (Å²) in [6.45, 7) is 1.43. The Morgan fingerprint density at radius 2 is 2.26 bits per heavy atom. The van der Waals surface area contributed by atoms with Crippen LogP contribution in [0.15, 0.2) is 22.8 Å². The van der Waals surface area contributed by atoms with Gasteiger partial charge >= 0.3 is 6.03 Å². The largest absolute Gasteiger partial charge is 0.466 e. The van der Waals surface area contributed by atoms with Gasteiger partial charge in [0.2, 0.25) is 0 Å². The van der Waals surface area contributed by atoms with Crippen LogP contribution >= 0.6 is 0 Å². The van der Waals surface area contributed by atoms with Gasteiger partial charge in [0, 0.05) is 5.92 Å². The Kier molecular flexibility index (Phi) is 2.48. The summed E-state index contributed by atoms with van der Waals surface area (Å²) in [6.07, 6.45) is 3.16. The molecule has 1 saturated carbocycles. The van der Waals surface area contributed by atoms with Crippen LogP contribution < -0.4 is 5.32 Å². The van der Waals surface area contributed by atoms with Crippen molar-refractivity contribution in [2.75, 3.05) is 6.54 Å². The molecule has 0 aromatic carbocycles.